The van der Waals surface area contributed by atoms with Crippen LogP contribution in [-0.4, -0.2) is 10.1 Å². The first kappa shape index (κ1) is 11.4. The Bertz CT molecular complexity index is 527. The number of nitrogens with two attached hydrogens (primary N) is 1. The number of anilines is 1. The van der Waals surface area contributed by atoms with Crippen LogP contribution >= 0.6 is 0 Å². The first-order valence-electron chi connectivity index (χ1n) is 5.29. The van der Waals surface area contributed by atoms with E-state index in [-0.39, 0.29) is 6.61 Å². The lowest BCUT2D eigenvalue weighted by Gasteiger charge is -2.08. The zero-order valence-electron chi connectivity index (χ0n) is 9.55. The fourth-order valence-corrected chi connectivity index (χ4v) is 1.48. The molecule has 0 aliphatic heterocycles. The number of rotatable bonds is 3. The first-order valence-corrected chi connectivity index (χ1v) is 5.29. The van der Waals surface area contributed by atoms with E-state index < -0.39 is 0 Å². The van der Waals surface area contributed by atoms with E-state index in [1.54, 1.807) is 24.4 Å². The molecule has 0 aliphatic rings. The van der Waals surface area contributed by atoms with E-state index in [2.05, 4.69) is 4.98 Å². The van der Waals surface area contributed by atoms with Gasteiger partial charge in [0.15, 0.2) is 0 Å². The fraction of sp³-hybridized carbons (Fsp3) is 0.154. The maximum Gasteiger partial charge on any atom is 0.242 e. The van der Waals surface area contributed by atoms with Gasteiger partial charge in [-0.1, -0.05) is 12.1 Å². The molecule has 0 radical (unpaired) electrons. The summed E-state index contributed by atoms with van der Waals surface area (Å²) in [5.41, 5.74) is 8.07. The molecule has 4 nitrogen and oxygen atoms in total. The van der Waals surface area contributed by atoms with Gasteiger partial charge in [-0.05, 0) is 36.2 Å². The number of aryl methyl sites for hydroxylation is 1. The van der Waals surface area contributed by atoms with Crippen LogP contribution in [0.5, 0.6) is 11.6 Å². The van der Waals surface area contributed by atoms with Crippen molar-refractivity contribution in [2.45, 2.75) is 13.5 Å². The molecular weight excluding hydrogens is 216 g/mol. The smallest absolute Gasteiger partial charge is 0.242 e. The van der Waals surface area contributed by atoms with Gasteiger partial charge in [0.2, 0.25) is 5.88 Å². The lowest BCUT2D eigenvalue weighted by Crippen LogP contribution is -1.96. The number of benzene rings is 1. The van der Waals surface area contributed by atoms with Gasteiger partial charge in [-0.25, -0.2) is 4.98 Å². The lowest BCUT2D eigenvalue weighted by molar-refractivity contribution is 0.281. The van der Waals surface area contributed by atoms with Gasteiger partial charge in [0.1, 0.15) is 5.75 Å². The van der Waals surface area contributed by atoms with Gasteiger partial charge in [-0.2, -0.15) is 0 Å². The van der Waals surface area contributed by atoms with E-state index in [0.717, 1.165) is 11.1 Å². The predicted octanol–water partition coefficient (Wildman–Crippen LogP) is 2.26. The van der Waals surface area contributed by atoms with Gasteiger partial charge in [-0.3, -0.25) is 0 Å². The quantitative estimate of drug-likeness (QED) is 0.848. The van der Waals surface area contributed by atoms with E-state index in [9.17, 15) is 0 Å². The predicted molar refractivity (Wildman–Crippen MR) is 65.8 cm³/mol. The summed E-state index contributed by atoms with van der Waals surface area (Å²) in [6, 6.07) is 8.98. The Morgan fingerprint density at radius 3 is 2.88 bits per heavy atom. The zero-order chi connectivity index (χ0) is 12.3. The van der Waals surface area contributed by atoms with Gasteiger partial charge < -0.3 is 15.6 Å². The maximum absolute atomic E-state index is 9.02. The van der Waals surface area contributed by atoms with E-state index in [0.29, 0.717) is 17.3 Å². The van der Waals surface area contributed by atoms with Crippen LogP contribution in [0.1, 0.15) is 11.1 Å². The van der Waals surface area contributed by atoms with Crippen LogP contribution in [0.15, 0.2) is 36.5 Å². The third kappa shape index (κ3) is 2.73. The summed E-state index contributed by atoms with van der Waals surface area (Å²) in [6.45, 7) is 1.90. The summed E-state index contributed by atoms with van der Waals surface area (Å²) in [5.74, 6) is 0.991. The molecule has 17 heavy (non-hydrogen) atoms. The summed E-state index contributed by atoms with van der Waals surface area (Å²) in [5, 5.41) is 9.02. The molecule has 2 aromatic rings. The highest BCUT2D eigenvalue weighted by atomic mass is 16.5. The van der Waals surface area contributed by atoms with Crippen LogP contribution in [0.4, 0.5) is 5.69 Å². The summed E-state index contributed by atoms with van der Waals surface area (Å²) in [7, 11) is 0. The Morgan fingerprint density at radius 2 is 2.18 bits per heavy atom. The Labute approximate surface area is 99.7 Å². The second-order valence-electron chi connectivity index (χ2n) is 3.81. The van der Waals surface area contributed by atoms with Crippen molar-refractivity contribution in [2.75, 3.05) is 5.73 Å². The number of aromatic nitrogens is 1. The topological polar surface area (TPSA) is 68.4 Å². The third-order valence-electron chi connectivity index (χ3n) is 2.31. The molecule has 2 rings (SSSR count). The molecule has 0 saturated carbocycles. The molecule has 0 spiro atoms. The molecule has 88 valence electrons. The number of nitrogens with zero attached hydrogens (tertiary/aromatic N) is 1. The number of hydrogen-bond acceptors (Lipinski definition) is 4. The monoisotopic (exact) mass is 230 g/mol. The normalized spacial score (nSPS) is 10.2. The molecule has 0 fully saturated rings. The van der Waals surface area contributed by atoms with Crippen molar-refractivity contribution >= 4 is 5.69 Å². The molecule has 0 unspecified atom stereocenters. The molecule has 4 heteroatoms. The molecular formula is C13H14N2O2. The highest BCUT2D eigenvalue weighted by Crippen LogP contribution is 2.25. The van der Waals surface area contributed by atoms with Gasteiger partial charge in [0.05, 0.1) is 12.3 Å². The van der Waals surface area contributed by atoms with Crippen LogP contribution in [0.2, 0.25) is 0 Å². The van der Waals surface area contributed by atoms with Crippen molar-refractivity contribution in [3.63, 3.8) is 0 Å². The van der Waals surface area contributed by atoms with Crippen LogP contribution < -0.4 is 10.5 Å². The number of hydrogen-bond donors (Lipinski definition) is 2. The van der Waals surface area contributed by atoms with Crippen molar-refractivity contribution in [1.29, 1.82) is 0 Å². The van der Waals surface area contributed by atoms with Gasteiger partial charge in [-0.15, -0.1) is 0 Å². The zero-order valence-corrected chi connectivity index (χ0v) is 9.55. The van der Waals surface area contributed by atoms with Crippen molar-refractivity contribution in [1.82, 2.24) is 4.98 Å². The summed E-state index contributed by atoms with van der Waals surface area (Å²) in [4.78, 5) is 4.12. The number of pyridine rings is 1. The number of nitrogen functional groups attached to an aromatic ring is 1. The summed E-state index contributed by atoms with van der Waals surface area (Å²) < 4.78 is 5.56. The van der Waals surface area contributed by atoms with E-state index in [1.165, 1.54) is 0 Å². The van der Waals surface area contributed by atoms with Crippen molar-refractivity contribution in [3.8, 4) is 11.6 Å². The summed E-state index contributed by atoms with van der Waals surface area (Å²) >= 11 is 0. The molecule has 0 bridgehead atoms. The number of aliphatic hydroxyl groups excluding tert-OH is 1. The molecule has 0 aliphatic carbocycles. The minimum atomic E-state index is -0.0198. The lowest BCUT2D eigenvalue weighted by atomic mass is 10.2. The van der Waals surface area contributed by atoms with Gasteiger partial charge in [0, 0.05) is 6.20 Å². The molecule has 1 heterocycles. The molecule has 0 amide bonds. The largest absolute Gasteiger partial charge is 0.437 e. The molecule has 1 aromatic carbocycles. The van der Waals surface area contributed by atoms with E-state index in [4.69, 9.17) is 15.6 Å². The Balaban J connectivity index is 2.25. The van der Waals surface area contributed by atoms with E-state index >= 15 is 0 Å². The van der Waals surface area contributed by atoms with Gasteiger partial charge >= 0.3 is 0 Å². The van der Waals surface area contributed by atoms with Crippen molar-refractivity contribution < 1.29 is 9.84 Å². The maximum atomic E-state index is 9.02. The number of aliphatic hydroxyl groups is 1. The Hall–Kier alpha value is -2.07. The standard InChI is InChI=1S/C13H14N2O2/c1-9-5-12(14)13(15-7-9)17-11-4-2-3-10(6-11)8-16/h2-7,16H,8,14H2,1H3. The van der Waals surface area contributed by atoms with Gasteiger partial charge in [0.25, 0.3) is 0 Å². The molecule has 0 atom stereocenters. The SMILES string of the molecule is Cc1cnc(Oc2cccc(CO)c2)c(N)c1. The highest BCUT2D eigenvalue weighted by molar-refractivity contribution is 5.50. The van der Waals surface area contributed by atoms with Crippen LogP contribution in [-0.2, 0) is 6.61 Å². The molecule has 1 aromatic heterocycles. The molecule has 3 N–H and O–H groups in total. The van der Waals surface area contributed by atoms with Crippen LogP contribution in [0.25, 0.3) is 0 Å². The summed E-state index contributed by atoms with van der Waals surface area (Å²) in [6.07, 6.45) is 1.70. The second kappa shape index (κ2) is 4.84. The fourth-order valence-electron chi connectivity index (χ4n) is 1.48. The Kier molecular flexibility index (Phi) is 3.25. The van der Waals surface area contributed by atoms with Crippen molar-refractivity contribution in [2.24, 2.45) is 0 Å². The Morgan fingerprint density at radius 1 is 1.35 bits per heavy atom. The average Bonchev–Trinajstić information content (AvgIpc) is 2.33. The first-order chi connectivity index (χ1) is 8.19. The van der Waals surface area contributed by atoms with Crippen LogP contribution in [0.3, 0.4) is 0 Å². The highest BCUT2D eigenvalue weighted by Gasteiger charge is 2.04. The average molecular weight is 230 g/mol. The minimum Gasteiger partial charge on any atom is -0.437 e. The third-order valence-corrected chi connectivity index (χ3v) is 2.31. The van der Waals surface area contributed by atoms with Crippen LogP contribution in [0, 0.1) is 6.92 Å². The minimum absolute atomic E-state index is 0.0198. The van der Waals surface area contributed by atoms with Crippen molar-refractivity contribution in [3.05, 3.63) is 47.7 Å². The second-order valence-corrected chi connectivity index (χ2v) is 3.81. The molecule has 0 saturated heterocycles. The van der Waals surface area contributed by atoms with E-state index in [1.807, 2.05) is 19.1 Å². The number of ether oxygens (including phenoxy) is 1.